The van der Waals surface area contributed by atoms with E-state index >= 15 is 0 Å². The molecule has 0 unspecified atom stereocenters. The van der Waals surface area contributed by atoms with Crippen LogP contribution < -0.4 is 0 Å². The Kier molecular flexibility index (Phi) is 7.37. The lowest BCUT2D eigenvalue weighted by atomic mass is 9.60. The minimum absolute atomic E-state index is 0.219. The van der Waals surface area contributed by atoms with E-state index in [9.17, 15) is 15.3 Å². The van der Waals surface area contributed by atoms with Gasteiger partial charge >= 0.3 is 0 Å². The highest BCUT2D eigenvalue weighted by atomic mass is 16.3. The molecule has 3 rings (SSSR count). The molecule has 3 aliphatic carbocycles. The second-order valence-electron chi connectivity index (χ2n) is 11.4. The minimum atomic E-state index is -0.813. The third-order valence-electron chi connectivity index (χ3n) is 8.29. The summed E-state index contributed by atoms with van der Waals surface area (Å²) >= 11 is 0. The smallest absolute Gasteiger partial charge is 0.0616 e. The molecule has 30 heavy (non-hydrogen) atoms. The van der Waals surface area contributed by atoms with E-state index in [1.807, 2.05) is 0 Å². The fourth-order valence-electron chi connectivity index (χ4n) is 6.86. The fourth-order valence-corrected chi connectivity index (χ4v) is 6.86. The predicted octanol–water partition coefficient (Wildman–Crippen LogP) is 5.70. The molecular weight excluding hydrogens is 372 g/mol. The number of fused-ring (bicyclic) bond motifs is 1. The normalized spacial score (nSPS) is 37.4. The third-order valence-corrected chi connectivity index (χ3v) is 8.29. The van der Waals surface area contributed by atoms with Gasteiger partial charge in [0.05, 0.1) is 17.8 Å². The predicted molar refractivity (Wildman–Crippen MR) is 124 cm³/mol. The Balaban J connectivity index is 1.71. The Hall–Kier alpha value is -0.900. The Morgan fingerprint density at radius 1 is 1.20 bits per heavy atom. The first-order chi connectivity index (χ1) is 14.0. The molecule has 6 atom stereocenters. The van der Waals surface area contributed by atoms with Gasteiger partial charge in [0.2, 0.25) is 0 Å². The van der Waals surface area contributed by atoms with Gasteiger partial charge in [-0.05, 0) is 100 Å². The van der Waals surface area contributed by atoms with E-state index in [-0.39, 0.29) is 6.10 Å². The van der Waals surface area contributed by atoms with Crippen LogP contribution in [-0.2, 0) is 0 Å². The van der Waals surface area contributed by atoms with Gasteiger partial charge in [-0.1, -0.05) is 43.7 Å². The van der Waals surface area contributed by atoms with Crippen molar-refractivity contribution < 1.29 is 15.3 Å². The van der Waals surface area contributed by atoms with Crippen molar-refractivity contribution in [3.05, 3.63) is 35.5 Å². The summed E-state index contributed by atoms with van der Waals surface area (Å²) in [7, 11) is 0. The van der Waals surface area contributed by atoms with Crippen LogP contribution in [0.15, 0.2) is 35.5 Å². The van der Waals surface area contributed by atoms with Crippen LogP contribution >= 0.6 is 0 Å². The van der Waals surface area contributed by atoms with E-state index in [1.54, 1.807) is 19.4 Å². The van der Waals surface area contributed by atoms with E-state index in [0.29, 0.717) is 29.6 Å². The molecule has 0 heterocycles. The molecule has 3 aliphatic rings. The van der Waals surface area contributed by atoms with Crippen LogP contribution in [0.3, 0.4) is 0 Å². The van der Waals surface area contributed by atoms with Crippen molar-refractivity contribution in [2.24, 2.45) is 23.2 Å². The van der Waals surface area contributed by atoms with E-state index < -0.39 is 11.7 Å². The van der Waals surface area contributed by atoms with Crippen LogP contribution in [0, 0.1) is 23.2 Å². The SMILES string of the molecule is C=C1CC[C@H](O)C/C1=C/C=C1\CCC[C@]2(C)[C@@H]([C@H](C)C[C@H](O)CC(C)(C)O)CC[C@@H]12. The van der Waals surface area contributed by atoms with Crippen molar-refractivity contribution in [3.63, 3.8) is 0 Å². The first-order valence-electron chi connectivity index (χ1n) is 12.2. The second kappa shape index (κ2) is 9.30. The van der Waals surface area contributed by atoms with E-state index in [0.717, 1.165) is 25.7 Å². The second-order valence-corrected chi connectivity index (χ2v) is 11.4. The molecule has 3 fully saturated rings. The average Bonchev–Trinajstić information content (AvgIpc) is 2.98. The molecular formula is C27H44O3. The van der Waals surface area contributed by atoms with Gasteiger partial charge in [0.1, 0.15) is 0 Å². The average molecular weight is 417 g/mol. The molecule has 0 aromatic rings. The lowest BCUT2D eigenvalue weighted by Crippen LogP contribution is -2.37. The molecule has 3 nitrogen and oxygen atoms in total. The van der Waals surface area contributed by atoms with Gasteiger partial charge in [-0.15, -0.1) is 0 Å². The van der Waals surface area contributed by atoms with Crippen molar-refractivity contribution in [1.29, 1.82) is 0 Å². The molecule has 0 radical (unpaired) electrons. The summed E-state index contributed by atoms with van der Waals surface area (Å²) in [6.07, 6.45) is 13.8. The van der Waals surface area contributed by atoms with Crippen LogP contribution in [0.4, 0.5) is 0 Å². The maximum Gasteiger partial charge on any atom is 0.0616 e. The van der Waals surface area contributed by atoms with Crippen molar-refractivity contribution in [2.75, 3.05) is 0 Å². The van der Waals surface area contributed by atoms with Crippen LogP contribution in [0.1, 0.15) is 91.9 Å². The minimum Gasteiger partial charge on any atom is -0.393 e. The molecule has 3 saturated carbocycles. The third kappa shape index (κ3) is 5.47. The number of rotatable bonds is 6. The van der Waals surface area contributed by atoms with Crippen molar-refractivity contribution in [3.8, 4) is 0 Å². The molecule has 0 aliphatic heterocycles. The van der Waals surface area contributed by atoms with Gasteiger partial charge in [-0.3, -0.25) is 0 Å². The highest BCUT2D eigenvalue weighted by Gasteiger charge is 2.50. The van der Waals surface area contributed by atoms with Gasteiger partial charge in [-0.25, -0.2) is 0 Å². The van der Waals surface area contributed by atoms with Crippen LogP contribution in [0.2, 0.25) is 0 Å². The molecule has 0 aromatic heterocycles. The number of hydrogen-bond donors (Lipinski definition) is 3. The summed E-state index contributed by atoms with van der Waals surface area (Å²) in [5.41, 5.74) is 3.49. The summed E-state index contributed by atoms with van der Waals surface area (Å²) in [6.45, 7) is 12.6. The molecule has 0 spiro atoms. The van der Waals surface area contributed by atoms with E-state index in [4.69, 9.17) is 0 Å². The fraction of sp³-hybridized carbons (Fsp3) is 0.778. The highest BCUT2D eigenvalue weighted by Crippen LogP contribution is 2.60. The molecule has 0 aromatic carbocycles. The van der Waals surface area contributed by atoms with Crippen molar-refractivity contribution >= 4 is 0 Å². The Bertz CT molecular complexity index is 683. The van der Waals surface area contributed by atoms with Gasteiger partial charge in [0, 0.05) is 6.42 Å². The maximum atomic E-state index is 10.5. The van der Waals surface area contributed by atoms with Crippen LogP contribution in [0.5, 0.6) is 0 Å². The largest absolute Gasteiger partial charge is 0.393 e. The van der Waals surface area contributed by atoms with E-state index in [2.05, 4.69) is 32.6 Å². The van der Waals surface area contributed by atoms with Crippen molar-refractivity contribution in [1.82, 2.24) is 0 Å². The number of allylic oxidation sites excluding steroid dienone is 4. The quantitative estimate of drug-likeness (QED) is 0.520. The van der Waals surface area contributed by atoms with Gasteiger partial charge in [0.15, 0.2) is 0 Å². The Morgan fingerprint density at radius 2 is 1.93 bits per heavy atom. The lowest BCUT2D eigenvalue weighted by molar-refractivity contribution is 0.000134. The van der Waals surface area contributed by atoms with Crippen molar-refractivity contribution in [2.45, 2.75) is 110 Å². The lowest BCUT2D eigenvalue weighted by Gasteiger charge is -2.44. The molecule has 3 heteroatoms. The summed E-state index contributed by atoms with van der Waals surface area (Å²) in [6, 6.07) is 0. The first kappa shape index (κ1) is 23.8. The zero-order chi connectivity index (χ0) is 22.1. The monoisotopic (exact) mass is 416 g/mol. The number of aliphatic hydroxyl groups is 3. The maximum absolute atomic E-state index is 10.5. The standard InChI is InChI=1S/C27H44O3/c1-18-8-11-22(28)16-21(18)10-9-20-7-6-14-27(5)24(12-13-25(20)27)19(2)15-23(29)17-26(3,4)30/h9-10,19,22-25,28-30H,1,6-8,11-17H2,2-5H3/b20-9+,21-10-/t19-,22+,23+,24-,25+,27-/m1/s1. The molecule has 170 valence electrons. The molecule has 0 saturated heterocycles. The topological polar surface area (TPSA) is 60.7 Å². The summed E-state index contributed by atoms with van der Waals surface area (Å²) < 4.78 is 0. The summed E-state index contributed by atoms with van der Waals surface area (Å²) in [4.78, 5) is 0. The Morgan fingerprint density at radius 3 is 2.63 bits per heavy atom. The zero-order valence-electron chi connectivity index (χ0n) is 19.7. The molecule has 0 bridgehead atoms. The van der Waals surface area contributed by atoms with Gasteiger partial charge in [-0.2, -0.15) is 0 Å². The number of hydrogen-bond acceptors (Lipinski definition) is 3. The van der Waals surface area contributed by atoms with Crippen LogP contribution in [-0.4, -0.2) is 33.1 Å². The first-order valence-corrected chi connectivity index (χ1v) is 12.2. The van der Waals surface area contributed by atoms with Gasteiger partial charge < -0.3 is 15.3 Å². The molecule has 0 amide bonds. The highest BCUT2D eigenvalue weighted by molar-refractivity contribution is 5.36. The van der Waals surface area contributed by atoms with Crippen LogP contribution in [0.25, 0.3) is 0 Å². The summed E-state index contributed by atoms with van der Waals surface area (Å²) in [5.74, 6) is 1.72. The Labute approximate surface area is 184 Å². The zero-order valence-corrected chi connectivity index (χ0v) is 19.7. The summed E-state index contributed by atoms with van der Waals surface area (Å²) in [5, 5.41) is 30.6. The number of aliphatic hydroxyl groups excluding tert-OH is 2. The molecule has 3 N–H and O–H groups in total. The van der Waals surface area contributed by atoms with E-state index in [1.165, 1.54) is 43.3 Å². The van der Waals surface area contributed by atoms with Gasteiger partial charge in [0.25, 0.3) is 0 Å².